The van der Waals surface area contributed by atoms with Gasteiger partial charge < -0.3 is 20.3 Å². The monoisotopic (exact) mass is 357 g/mol. The van der Waals surface area contributed by atoms with Crippen LogP contribution in [0.3, 0.4) is 0 Å². The van der Waals surface area contributed by atoms with Crippen molar-refractivity contribution in [3.05, 3.63) is 39.4 Å². The van der Waals surface area contributed by atoms with Gasteiger partial charge in [0.2, 0.25) is 5.43 Å². The van der Waals surface area contributed by atoms with Crippen LogP contribution in [0.1, 0.15) is 47.6 Å². The van der Waals surface area contributed by atoms with Crippen LogP contribution in [0.15, 0.2) is 17.1 Å². The molecule has 2 aliphatic heterocycles. The molecule has 0 amide bonds. The topological polar surface area (TPSA) is 88.6 Å². The van der Waals surface area contributed by atoms with Crippen LogP contribution in [0.4, 0.5) is 10.1 Å². The number of aromatic nitrogens is 1. The van der Waals surface area contributed by atoms with Crippen molar-refractivity contribution in [1.29, 1.82) is 0 Å². The van der Waals surface area contributed by atoms with Gasteiger partial charge in [0.15, 0.2) is 0 Å². The molecule has 3 N–H and O–H groups in total. The maximum Gasteiger partial charge on any atom is 0.341 e. The zero-order valence-corrected chi connectivity index (χ0v) is 14.2. The number of nitrogens with two attached hydrogens (primary N) is 1. The standard InChI is InChI=1S/C19H20FN3O3/c20-15-6-13-16(12-4-3-11-5-9(21)7-22(11)17(12)15)23(10-1-2-10)8-14(18(13)24)19(25)26/h6,8-11H,1-5,7,21H2,(H,25,26). The van der Waals surface area contributed by atoms with Crippen LogP contribution >= 0.6 is 0 Å². The molecule has 2 atom stereocenters. The molecule has 5 rings (SSSR count). The van der Waals surface area contributed by atoms with Crippen molar-refractivity contribution in [3.63, 3.8) is 0 Å². The Labute approximate surface area is 149 Å². The highest BCUT2D eigenvalue weighted by Crippen LogP contribution is 2.44. The van der Waals surface area contributed by atoms with E-state index in [0.717, 1.165) is 31.2 Å². The van der Waals surface area contributed by atoms with Gasteiger partial charge in [0.1, 0.15) is 11.4 Å². The summed E-state index contributed by atoms with van der Waals surface area (Å²) in [5, 5.41) is 9.56. The number of hydrogen-bond donors (Lipinski definition) is 2. The molecule has 2 aromatic rings. The third kappa shape index (κ3) is 2.13. The summed E-state index contributed by atoms with van der Waals surface area (Å²) in [6.45, 7) is 0.612. The summed E-state index contributed by atoms with van der Waals surface area (Å²) in [7, 11) is 0. The van der Waals surface area contributed by atoms with Gasteiger partial charge in [-0.25, -0.2) is 9.18 Å². The number of anilines is 1. The number of fused-ring (bicyclic) bond motifs is 5. The zero-order chi connectivity index (χ0) is 18.2. The highest BCUT2D eigenvalue weighted by molar-refractivity contribution is 5.95. The molecule has 1 aromatic carbocycles. The zero-order valence-electron chi connectivity index (χ0n) is 14.2. The molecule has 0 radical (unpaired) electrons. The molecule has 1 aromatic heterocycles. The van der Waals surface area contributed by atoms with Gasteiger partial charge in [-0.3, -0.25) is 4.79 Å². The van der Waals surface area contributed by atoms with Gasteiger partial charge >= 0.3 is 5.97 Å². The van der Waals surface area contributed by atoms with Crippen molar-refractivity contribution in [2.24, 2.45) is 5.73 Å². The predicted octanol–water partition coefficient (Wildman–Crippen LogP) is 2.03. The van der Waals surface area contributed by atoms with Crippen molar-refractivity contribution in [1.82, 2.24) is 4.57 Å². The quantitative estimate of drug-likeness (QED) is 0.858. The highest BCUT2D eigenvalue weighted by Gasteiger charge is 2.38. The molecular formula is C19H20FN3O3. The minimum Gasteiger partial charge on any atom is -0.477 e. The molecule has 1 aliphatic carbocycles. The van der Waals surface area contributed by atoms with Crippen molar-refractivity contribution in [2.75, 3.05) is 11.4 Å². The minimum atomic E-state index is -1.27. The fourth-order valence-corrected chi connectivity index (χ4v) is 4.71. The summed E-state index contributed by atoms with van der Waals surface area (Å²) < 4.78 is 16.9. The van der Waals surface area contributed by atoms with E-state index in [2.05, 4.69) is 0 Å². The molecule has 26 heavy (non-hydrogen) atoms. The third-order valence-corrected chi connectivity index (χ3v) is 5.97. The van der Waals surface area contributed by atoms with Gasteiger partial charge in [0.25, 0.3) is 0 Å². The Balaban J connectivity index is 1.85. The van der Waals surface area contributed by atoms with Crippen LogP contribution in [0.5, 0.6) is 0 Å². The van der Waals surface area contributed by atoms with Gasteiger partial charge in [-0.05, 0) is 38.2 Å². The lowest BCUT2D eigenvalue weighted by molar-refractivity contribution is 0.0695. The van der Waals surface area contributed by atoms with E-state index in [1.165, 1.54) is 12.3 Å². The molecule has 3 heterocycles. The summed E-state index contributed by atoms with van der Waals surface area (Å²) >= 11 is 0. The first-order valence-corrected chi connectivity index (χ1v) is 9.11. The van der Waals surface area contributed by atoms with E-state index in [1.54, 1.807) is 0 Å². The van der Waals surface area contributed by atoms with Crippen molar-refractivity contribution < 1.29 is 14.3 Å². The first-order chi connectivity index (χ1) is 12.5. The summed E-state index contributed by atoms with van der Waals surface area (Å²) in [6.07, 6.45) is 5.74. The number of halogens is 1. The summed E-state index contributed by atoms with van der Waals surface area (Å²) in [6, 6.07) is 1.68. The number of carboxylic acids is 1. The highest BCUT2D eigenvalue weighted by atomic mass is 19.1. The van der Waals surface area contributed by atoms with E-state index < -0.39 is 17.2 Å². The molecule has 1 saturated carbocycles. The number of aryl methyl sites for hydroxylation is 1. The van der Waals surface area contributed by atoms with E-state index >= 15 is 4.39 Å². The Morgan fingerprint density at radius 2 is 2.04 bits per heavy atom. The number of pyridine rings is 1. The number of aromatic carboxylic acids is 1. The second-order valence-electron chi connectivity index (χ2n) is 7.74. The molecule has 7 heteroatoms. The average molecular weight is 357 g/mol. The van der Waals surface area contributed by atoms with E-state index in [1.807, 2.05) is 9.47 Å². The maximum absolute atomic E-state index is 15.0. The van der Waals surface area contributed by atoms with Crippen LogP contribution in [0.2, 0.25) is 0 Å². The first kappa shape index (κ1) is 15.8. The molecule has 6 nitrogen and oxygen atoms in total. The first-order valence-electron chi connectivity index (χ1n) is 9.11. The molecule has 2 fully saturated rings. The van der Waals surface area contributed by atoms with Crippen LogP contribution < -0.4 is 16.1 Å². The van der Waals surface area contributed by atoms with Gasteiger partial charge in [0.05, 0.1) is 11.2 Å². The molecular weight excluding hydrogens is 337 g/mol. The maximum atomic E-state index is 15.0. The van der Waals surface area contributed by atoms with E-state index in [9.17, 15) is 14.7 Å². The fourth-order valence-electron chi connectivity index (χ4n) is 4.71. The van der Waals surface area contributed by atoms with Crippen LogP contribution in [0.25, 0.3) is 10.9 Å². The van der Waals surface area contributed by atoms with Crippen molar-refractivity contribution in [2.45, 2.75) is 50.2 Å². The van der Waals surface area contributed by atoms with Crippen molar-refractivity contribution in [3.8, 4) is 0 Å². The molecule has 3 aliphatic rings. The van der Waals surface area contributed by atoms with Gasteiger partial charge in [-0.2, -0.15) is 0 Å². The number of carbonyl (C=O) groups is 1. The predicted molar refractivity (Wildman–Crippen MR) is 95.4 cm³/mol. The van der Waals surface area contributed by atoms with E-state index in [-0.39, 0.29) is 29.1 Å². The van der Waals surface area contributed by atoms with Gasteiger partial charge in [-0.15, -0.1) is 0 Å². The number of carboxylic acid groups (broad SMARTS) is 1. The van der Waals surface area contributed by atoms with Gasteiger partial charge in [-0.1, -0.05) is 0 Å². The Bertz CT molecular complexity index is 1010. The normalized spacial score (nSPS) is 24.6. The lowest BCUT2D eigenvalue weighted by Crippen LogP contribution is -2.36. The molecule has 136 valence electrons. The number of rotatable bonds is 2. The second kappa shape index (κ2) is 5.30. The van der Waals surface area contributed by atoms with Crippen LogP contribution in [-0.2, 0) is 6.42 Å². The number of benzene rings is 1. The summed E-state index contributed by atoms with van der Waals surface area (Å²) in [5.74, 6) is -1.72. The lowest BCUT2D eigenvalue weighted by atomic mass is 9.92. The van der Waals surface area contributed by atoms with Crippen molar-refractivity contribution >= 4 is 22.6 Å². The van der Waals surface area contributed by atoms with Crippen LogP contribution in [0, 0.1) is 5.82 Å². The van der Waals surface area contributed by atoms with Crippen LogP contribution in [-0.4, -0.2) is 34.3 Å². The Hall–Kier alpha value is -2.41. The Kier molecular flexibility index (Phi) is 3.22. The smallest absolute Gasteiger partial charge is 0.341 e. The molecule has 0 bridgehead atoms. The minimum absolute atomic E-state index is 0.0288. The second-order valence-corrected chi connectivity index (χ2v) is 7.74. The largest absolute Gasteiger partial charge is 0.477 e. The van der Waals surface area contributed by atoms with E-state index in [4.69, 9.17) is 5.73 Å². The third-order valence-electron chi connectivity index (χ3n) is 5.97. The molecule has 0 spiro atoms. The summed E-state index contributed by atoms with van der Waals surface area (Å²) in [5.41, 5.74) is 7.28. The average Bonchev–Trinajstić information content (AvgIpc) is 3.35. The van der Waals surface area contributed by atoms with Gasteiger partial charge in [0, 0.05) is 41.8 Å². The fraction of sp³-hybridized carbons (Fsp3) is 0.474. The Morgan fingerprint density at radius 3 is 2.73 bits per heavy atom. The van der Waals surface area contributed by atoms with E-state index in [0.29, 0.717) is 24.2 Å². The molecule has 1 saturated heterocycles. The lowest BCUT2D eigenvalue weighted by Gasteiger charge is -2.35. The SMILES string of the molecule is NC1CC2CCc3c(c(F)cc4c(=O)c(C(=O)O)cn(C5CC5)c34)N2C1. The summed E-state index contributed by atoms with van der Waals surface area (Å²) in [4.78, 5) is 26.2. The number of hydrogen-bond acceptors (Lipinski definition) is 4. The number of nitrogens with zero attached hydrogens (tertiary/aromatic N) is 2. The Morgan fingerprint density at radius 1 is 1.27 bits per heavy atom. The molecule has 2 unspecified atom stereocenters.